The van der Waals surface area contributed by atoms with Crippen LogP contribution in [0.25, 0.3) is 5.70 Å². The molecule has 1 saturated carbocycles. The van der Waals surface area contributed by atoms with E-state index in [9.17, 15) is 20.3 Å². The SMILES string of the molecule is N#CC1=C(N2CCC3(CC2)CC3)c2cc(C(O)CO)ncc2CC1=O. The van der Waals surface area contributed by atoms with Gasteiger partial charge in [-0.05, 0) is 42.7 Å². The number of Topliss-reactive ketones (excluding diaryl/α,β-unsaturated/α-hetero) is 1. The van der Waals surface area contributed by atoms with Crippen LogP contribution in [0.1, 0.15) is 48.6 Å². The number of aromatic nitrogens is 1. The lowest BCUT2D eigenvalue weighted by Crippen LogP contribution is -2.36. The zero-order valence-electron chi connectivity index (χ0n) is 14.0. The van der Waals surface area contributed by atoms with Gasteiger partial charge in [0.1, 0.15) is 17.7 Å². The maximum atomic E-state index is 12.4. The molecule has 1 aromatic heterocycles. The van der Waals surface area contributed by atoms with E-state index in [0.29, 0.717) is 16.8 Å². The number of fused-ring (bicyclic) bond motifs is 1. The van der Waals surface area contributed by atoms with E-state index in [4.69, 9.17) is 0 Å². The highest BCUT2D eigenvalue weighted by molar-refractivity contribution is 6.09. The maximum absolute atomic E-state index is 12.4. The number of carbonyl (C=O) groups excluding carboxylic acids is 1. The van der Waals surface area contributed by atoms with Gasteiger partial charge in [0.25, 0.3) is 0 Å². The Morgan fingerprint density at radius 1 is 1.32 bits per heavy atom. The van der Waals surface area contributed by atoms with Crippen molar-refractivity contribution in [1.29, 1.82) is 5.26 Å². The molecule has 130 valence electrons. The van der Waals surface area contributed by atoms with E-state index in [2.05, 4.69) is 16.0 Å². The van der Waals surface area contributed by atoms with Gasteiger partial charge < -0.3 is 15.1 Å². The summed E-state index contributed by atoms with van der Waals surface area (Å²) in [6.45, 7) is 1.27. The van der Waals surface area contributed by atoms with Gasteiger partial charge in [-0.1, -0.05) is 0 Å². The summed E-state index contributed by atoms with van der Waals surface area (Å²) in [7, 11) is 0. The summed E-state index contributed by atoms with van der Waals surface area (Å²) in [5.74, 6) is -0.172. The van der Waals surface area contributed by atoms with Gasteiger partial charge >= 0.3 is 0 Å². The van der Waals surface area contributed by atoms with Crippen molar-refractivity contribution in [3.63, 3.8) is 0 Å². The van der Waals surface area contributed by atoms with Crippen molar-refractivity contribution < 1.29 is 15.0 Å². The highest BCUT2D eigenvalue weighted by Crippen LogP contribution is 2.54. The molecule has 1 atom stereocenters. The Bertz CT molecular complexity index is 795. The Morgan fingerprint density at radius 3 is 2.64 bits per heavy atom. The standard InChI is InChI=1S/C19H21N3O3/c20-9-14-16(24)7-12-10-21-15(17(25)11-23)8-13(12)18(14)22-5-3-19(1-2-19)4-6-22/h8,10,17,23,25H,1-7,11H2. The van der Waals surface area contributed by atoms with E-state index in [1.54, 1.807) is 12.3 Å². The lowest BCUT2D eigenvalue weighted by molar-refractivity contribution is -0.114. The summed E-state index contributed by atoms with van der Waals surface area (Å²) in [6.07, 6.45) is 5.44. The van der Waals surface area contributed by atoms with E-state index in [-0.39, 0.29) is 17.8 Å². The molecular weight excluding hydrogens is 318 g/mol. The van der Waals surface area contributed by atoms with Gasteiger partial charge in [0.05, 0.1) is 18.0 Å². The van der Waals surface area contributed by atoms with Crippen LogP contribution in [0.4, 0.5) is 0 Å². The van der Waals surface area contributed by atoms with Gasteiger partial charge in [-0.2, -0.15) is 5.26 Å². The number of allylic oxidation sites excluding steroid dienone is 1. The molecule has 1 saturated heterocycles. The monoisotopic (exact) mass is 339 g/mol. The van der Waals surface area contributed by atoms with Crippen molar-refractivity contribution in [2.75, 3.05) is 19.7 Å². The summed E-state index contributed by atoms with van der Waals surface area (Å²) in [5, 5.41) is 28.7. The highest BCUT2D eigenvalue weighted by atomic mass is 16.3. The summed E-state index contributed by atoms with van der Waals surface area (Å²) < 4.78 is 0. The number of pyridine rings is 1. The average Bonchev–Trinajstić information content (AvgIpc) is 3.39. The molecule has 0 radical (unpaired) electrons. The first kappa shape index (κ1) is 16.2. The lowest BCUT2D eigenvalue weighted by Gasteiger charge is -2.37. The van der Waals surface area contributed by atoms with E-state index < -0.39 is 12.7 Å². The summed E-state index contributed by atoms with van der Waals surface area (Å²) in [6, 6.07) is 3.82. The first-order valence-electron chi connectivity index (χ1n) is 8.77. The van der Waals surface area contributed by atoms with Crippen LogP contribution in [0.3, 0.4) is 0 Å². The van der Waals surface area contributed by atoms with Crippen molar-refractivity contribution in [1.82, 2.24) is 9.88 Å². The second-order valence-corrected chi connectivity index (χ2v) is 7.39. The van der Waals surface area contributed by atoms with Crippen LogP contribution >= 0.6 is 0 Å². The van der Waals surface area contributed by atoms with Crippen LogP contribution in [0, 0.1) is 16.7 Å². The van der Waals surface area contributed by atoms with Gasteiger partial charge in [-0.15, -0.1) is 0 Å². The lowest BCUT2D eigenvalue weighted by atomic mass is 9.86. The number of piperidine rings is 1. The largest absolute Gasteiger partial charge is 0.393 e. The fourth-order valence-corrected chi connectivity index (χ4v) is 3.99. The van der Waals surface area contributed by atoms with Crippen LogP contribution in [0.5, 0.6) is 0 Å². The first-order chi connectivity index (χ1) is 12.1. The second-order valence-electron chi connectivity index (χ2n) is 7.39. The molecule has 4 rings (SSSR count). The van der Waals surface area contributed by atoms with Crippen LogP contribution in [-0.2, 0) is 11.2 Å². The van der Waals surface area contributed by atoms with Gasteiger partial charge in [-0.25, -0.2) is 0 Å². The number of nitriles is 1. The number of hydrogen-bond donors (Lipinski definition) is 2. The number of aliphatic hydroxyl groups excluding tert-OH is 2. The van der Waals surface area contributed by atoms with Crippen LogP contribution < -0.4 is 0 Å². The number of nitrogens with zero attached hydrogens (tertiary/aromatic N) is 3. The molecule has 1 unspecified atom stereocenters. The molecule has 6 heteroatoms. The molecule has 1 aromatic rings. The molecule has 6 nitrogen and oxygen atoms in total. The molecule has 1 spiro atoms. The minimum atomic E-state index is -1.06. The molecule has 2 aliphatic carbocycles. The molecule has 0 amide bonds. The smallest absolute Gasteiger partial charge is 0.179 e. The number of hydrogen-bond acceptors (Lipinski definition) is 6. The quantitative estimate of drug-likeness (QED) is 0.862. The first-order valence-corrected chi connectivity index (χ1v) is 8.77. The van der Waals surface area contributed by atoms with Crippen LogP contribution in [0.2, 0.25) is 0 Å². The molecule has 2 heterocycles. The summed E-state index contributed by atoms with van der Waals surface area (Å²) >= 11 is 0. The molecule has 3 aliphatic rings. The Hall–Kier alpha value is -2.23. The fraction of sp³-hybridized carbons (Fsp3) is 0.526. The van der Waals surface area contributed by atoms with Gasteiger partial charge in [0.2, 0.25) is 0 Å². The van der Waals surface area contributed by atoms with E-state index >= 15 is 0 Å². The second kappa shape index (κ2) is 5.94. The Morgan fingerprint density at radius 2 is 2.04 bits per heavy atom. The van der Waals surface area contributed by atoms with Gasteiger partial charge in [-0.3, -0.25) is 9.78 Å². The Labute approximate surface area is 146 Å². The molecule has 25 heavy (non-hydrogen) atoms. The Kier molecular flexibility index (Phi) is 3.86. The van der Waals surface area contributed by atoms with E-state index in [0.717, 1.165) is 37.1 Å². The average molecular weight is 339 g/mol. The molecular formula is C19H21N3O3. The van der Waals surface area contributed by atoms with Crippen molar-refractivity contribution in [2.24, 2.45) is 5.41 Å². The fourth-order valence-electron chi connectivity index (χ4n) is 3.99. The Balaban J connectivity index is 1.76. The number of carbonyl (C=O) groups is 1. The maximum Gasteiger partial charge on any atom is 0.179 e. The number of likely N-dealkylation sites (tertiary alicyclic amines) is 1. The third-order valence-electron chi connectivity index (χ3n) is 5.85. The minimum Gasteiger partial charge on any atom is -0.393 e. The summed E-state index contributed by atoms with van der Waals surface area (Å²) in [5.41, 5.74) is 3.32. The van der Waals surface area contributed by atoms with Crippen molar-refractivity contribution in [3.8, 4) is 6.07 Å². The zero-order valence-corrected chi connectivity index (χ0v) is 14.0. The van der Waals surface area contributed by atoms with Crippen LogP contribution in [-0.4, -0.2) is 45.6 Å². The predicted octanol–water partition coefficient (Wildman–Crippen LogP) is 1.34. The van der Waals surface area contributed by atoms with E-state index in [1.165, 1.54) is 12.8 Å². The number of rotatable bonds is 3. The summed E-state index contributed by atoms with van der Waals surface area (Å²) in [4.78, 5) is 18.8. The molecule has 2 N–H and O–H groups in total. The molecule has 1 aliphatic heterocycles. The third-order valence-corrected chi connectivity index (χ3v) is 5.85. The predicted molar refractivity (Wildman–Crippen MR) is 90.0 cm³/mol. The van der Waals surface area contributed by atoms with Crippen molar-refractivity contribution in [2.45, 2.75) is 38.2 Å². The topological polar surface area (TPSA) is 97.5 Å². The normalized spacial score (nSPS) is 22.6. The molecule has 0 bridgehead atoms. The highest BCUT2D eigenvalue weighted by Gasteiger charge is 2.45. The van der Waals surface area contributed by atoms with Crippen molar-refractivity contribution in [3.05, 3.63) is 34.7 Å². The third kappa shape index (κ3) is 2.74. The van der Waals surface area contributed by atoms with Crippen LogP contribution in [0.15, 0.2) is 17.8 Å². The number of aliphatic hydroxyl groups is 2. The zero-order chi connectivity index (χ0) is 17.6. The number of ketones is 1. The van der Waals surface area contributed by atoms with E-state index in [1.807, 2.05) is 0 Å². The van der Waals surface area contributed by atoms with Crippen molar-refractivity contribution >= 4 is 11.5 Å². The van der Waals surface area contributed by atoms with Gasteiger partial charge in [0.15, 0.2) is 5.78 Å². The molecule has 2 fully saturated rings. The molecule has 0 aromatic carbocycles. The van der Waals surface area contributed by atoms with Gasteiger partial charge in [0, 0.05) is 31.3 Å². The minimum absolute atomic E-state index is 0.155.